The molecule has 1 unspecified atom stereocenters. The molecule has 0 bridgehead atoms. The molecule has 0 spiro atoms. The van der Waals surface area contributed by atoms with E-state index in [0.29, 0.717) is 18.0 Å². The fraction of sp³-hybridized carbons (Fsp3) is 0.538. The van der Waals surface area contributed by atoms with Gasteiger partial charge in [0.05, 0.1) is 7.11 Å². The highest BCUT2D eigenvalue weighted by atomic mass is 16.5. The number of hydrogen-bond donors (Lipinski definition) is 1. The van der Waals surface area contributed by atoms with Crippen molar-refractivity contribution in [1.29, 1.82) is 0 Å². The molecule has 0 aliphatic carbocycles. The number of aliphatic hydroxyl groups excluding tert-OH is 1. The first-order valence-corrected chi connectivity index (χ1v) is 11.6. The minimum atomic E-state index is -0.499. The third kappa shape index (κ3) is 8.17. The number of methoxy groups -OCH3 is 1. The molecular weight excluding hydrogens is 388 g/mol. The van der Waals surface area contributed by atoms with Crippen LogP contribution in [0.15, 0.2) is 48.5 Å². The van der Waals surface area contributed by atoms with Crippen molar-refractivity contribution >= 4 is 0 Å². The summed E-state index contributed by atoms with van der Waals surface area (Å²) in [5, 5.41) is 10.5. The zero-order chi connectivity index (χ0) is 21.9. The van der Waals surface area contributed by atoms with Crippen molar-refractivity contribution in [3.8, 4) is 11.5 Å². The highest BCUT2D eigenvalue weighted by Gasteiger charge is 2.15. The Labute approximate surface area is 187 Å². The first-order chi connectivity index (χ1) is 15.1. The molecule has 170 valence electrons. The highest BCUT2D eigenvalue weighted by molar-refractivity contribution is 5.43. The van der Waals surface area contributed by atoms with Gasteiger partial charge in [0.2, 0.25) is 0 Å². The van der Waals surface area contributed by atoms with Crippen LogP contribution in [0.4, 0.5) is 0 Å². The summed E-state index contributed by atoms with van der Waals surface area (Å²) in [6.45, 7) is 4.81. The topological polar surface area (TPSA) is 45.2 Å². The van der Waals surface area contributed by atoms with Crippen molar-refractivity contribution in [2.24, 2.45) is 0 Å². The van der Waals surface area contributed by atoms with E-state index < -0.39 is 6.10 Å². The monoisotopic (exact) mass is 426 g/mol. The van der Waals surface area contributed by atoms with Gasteiger partial charge in [0.15, 0.2) is 11.5 Å². The van der Waals surface area contributed by atoms with Gasteiger partial charge in [-0.2, -0.15) is 0 Å². The predicted molar refractivity (Wildman–Crippen MR) is 126 cm³/mol. The van der Waals surface area contributed by atoms with Gasteiger partial charge in [-0.3, -0.25) is 4.90 Å². The van der Waals surface area contributed by atoms with Crippen LogP contribution < -0.4 is 9.47 Å². The van der Waals surface area contributed by atoms with Gasteiger partial charge in [0, 0.05) is 19.6 Å². The first kappa shape index (κ1) is 23.6. The first-order valence-electron chi connectivity index (χ1n) is 11.6. The Morgan fingerprint density at radius 1 is 0.903 bits per heavy atom. The zero-order valence-electron chi connectivity index (χ0n) is 19.1. The van der Waals surface area contributed by atoms with Gasteiger partial charge in [-0.25, -0.2) is 0 Å². The molecule has 0 aromatic heterocycles. The fourth-order valence-corrected chi connectivity index (χ4v) is 4.22. The van der Waals surface area contributed by atoms with Crippen molar-refractivity contribution in [2.75, 3.05) is 40.4 Å². The Balaban J connectivity index is 1.49. The van der Waals surface area contributed by atoms with Gasteiger partial charge < -0.3 is 19.5 Å². The number of rotatable bonds is 10. The van der Waals surface area contributed by atoms with E-state index in [1.165, 1.54) is 43.2 Å². The van der Waals surface area contributed by atoms with Gasteiger partial charge in [-0.15, -0.1) is 0 Å². The van der Waals surface area contributed by atoms with Crippen molar-refractivity contribution in [2.45, 2.75) is 51.3 Å². The molecule has 2 aromatic carbocycles. The summed E-state index contributed by atoms with van der Waals surface area (Å²) in [4.78, 5) is 4.65. The number of nitrogens with zero attached hydrogens (tertiary/aromatic N) is 2. The molecule has 0 amide bonds. The van der Waals surface area contributed by atoms with E-state index in [1.807, 2.05) is 18.2 Å². The maximum Gasteiger partial charge on any atom is 0.161 e. The lowest BCUT2D eigenvalue weighted by Gasteiger charge is -2.26. The quantitative estimate of drug-likeness (QED) is 0.613. The third-order valence-electron chi connectivity index (χ3n) is 5.82. The van der Waals surface area contributed by atoms with Crippen LogP contribution >= 0.6 is 0 Å². The van der Waals surface area contributed by atoms with Crippen molar-refractivity contribution < 1.29 is 14.6 Å². The van der Waals surface area contributed by atoms with Crippen LogP contribution in [0.5, 0.6) is 11.5 Å². The van der Waals surface area contributed by atoms with Crippen molar-refractivity contribution in [1.82, 2.24) is 9.80 Å². The average molecular weight is 427 g/mol. The predicted octanol–water partition coefficient (Wildman–Crippen LogP) is 4.33. The highest BCUT2D eigenvalue weighted by Crippen LogP contribution is 2.29. The minimum Gasteiger partial charge on any atom is -0.493 e. The standard InChI is InChI=1S/C26H38N2O3/c1-27(18-22-11-7-6-8-12-22)19-23-13-14-25(26(17-23)30-2)31-21-24(29)20-28-15-9-4-3-5-10-16-28/h6-8,11-14,17,24,29H,3-5,9-10,15-16,18-21H2,1-2H3. The third-order valence-corrected chi connectivity index (χ3v) is 5.82. The van der Waals surface area contributed by atoms with E-state index in [4.69, 9.17) is 9.47 Å². The van der Waals surface area contributed by atoms with E-state index >= 15 is 0 Å². The molecule has 31 heavy (non-hydrogen) atoms. The molecule has 5 nitrogen and oxygen atoms in total. The van der Waals surface area contributed by atoms with E-state index in [1.54, 1.807) is 7.11 Å². The fourth-order valence-electron chi connectivity index (χ4n) is 4.22. The zero-order valence-corrected chi connectivity index (χ0v) is 19.1. The minimum absolute atomic E-state index is 0.278. The van der Waals surface area contributed by atoms with Gasteiger partial charge in [0.25, 0.3) is 0 Å². The van der Waals surface area contributed by atoms with Crippen molar-refractivity contribution in [3.05, 3.63) is 59.7 Å². The molecule has 1 aliphatic heterocycles. The molecule has 1 fully saturated rings. The smallest absolute Gasteiger partial charge is 0.161 e. The number of hydrogen-bond acceptors (Lipinski definition) is 5. The molecular formula is C26H38N2O3. The molecule has 1 aliphatic rings. The Bertz CT molecular complexity index is 761. The molecule has 3 rings (SSSR count). The molecule has 1 saturated heterocycles. The van der Waals surface area contributed by atoms with E-state index in [2.05, 4.69) is 47.2 Å². The Hall–Kier alpha value is -2.08. The molecule has 2 aromatic rings. The normalized spacial score (nSPS) is 16.5. The lowest BCUT2D eigenvalue weighted by molar-refractivity contribution is 0.0645. The Morgan fingerprint density at radius 3 is 2.29 bits per heavy atom. The maximum absolute atomic E-state index is 10.5. The summed E-state index contributed by atoms with van der Waals surface area (Å²) < 4.78 is 11.5. The van der Waals surface area contributed by atoms with Crippen LogP contribution in [0, 0.1) is 0 Å². The molecule has 0 saturated carbocycles. The summed E-state index contributed by atoms with van der Waals surface area (Å²) in [5.41, 5.74) is 2.47. The number of β-amino-alcohol motifs (C(OH)–C–C–N with tert-alkyl or cyclic N) is 1. The second-order valence-corrected chi connectivity index (χ2v) is 8.68. The van der Waals surface area contributed by atoms with Crippen LogP contribution in [0.2, 0.25) is 0 Å². The molecule has 0 radical (unpaired) electrons. The van der Waals surface area contributed by atoms with Gasteiger partial charge in [0.1, 0.15) is 12.7 Å². The number of ether oxygens (including phenoxy) is 2. The van der Waals surface area contributed by atoms with E-state index in [9.17, 15) is 5.11 Å². The van der Waals surface area contributed by atoms with Crippen LogP contribution in [0.1, 0.15) is 43.2 Å². The SMILES string of the molecule is COc1cc(CN(C)Cc2ccccc2)ccc1OCC(O)CN1CCCCCCC1. The summed E-state index contributed by atoms with van der Waals surface area (Å²) in [6, 6.07) is 16.5. The Morgan fingerprint density at radius 2 is 1.58 bits per heavy atom. The van der Waals surface area contributed by atoms with Crippen LogP contribution in [0.25, 0.3) is 0 Å². The summed E-state index contributed by atoms with van der Waals surface area (Å²) >= 11 is 0. The van der Waals surface area contributed by atoms with Crippen LogP contribution in [-0.2, 0) is 13.1 Å². The Kier molecular flexibility index (Phi) is 9.66. The molecule has 5 heteroatoms. The van der Waals surface area contributed by atoms with E-state index in [0.717, 1.165) is 26.2 Å². The maximum atomic E-state index is 10.5. The molecule has 1 N–H and O–H groups in total. The van der Waals surface area contributed by atoms with Crippen LogP contribution in [0.3, 0.4) is 0 Å². The van der Waals surface area contributed by atoms with Crippen molar-refractivity contribution in [3.63, 3.8) is 0 Å². The lowest BCUT2D eigenvalue weighted by Crippen LogP contribution is -2.37. The average Bonchev–Trinajstić information content (AvgIpc) is 2.75. The molecule has 1 atom stereocenters. The summed E-state index contributed by atoms with van der Waals surface area (Å²) in [5.74, 6) is 1.40. The molecule has 1 heterocycles. The summed E-state index contributed by atoms with van der Waals surface area (Å²) in [6.07, 6.45) is 5.89. The number of benzene rings is 2. The second kappa shape index (κ2) is 12.7. The van der Waals surface area contributed by atoms with Gasteiger partial charge in [-0.1, -0.05) is 55.7 Å². The number of aliphatic hydroxyl groups is 1. The van der Waals surface area contributed by atoms with Crippen LogP contribution in [-0.4, -0.2) is 61.4 Å². The van der Waals surface area contributed by atoms with E-state index in [-0.39, 0.29) is 6.61 Å². The van der Waals surface area contributed by atoms with Gasteiger partial charge >= 0.3 is 0 Å². The second-order valence-electron chi connectivity index (χ2n) is 8.68. The largest absolute Gasteiger partial charge is 0.493 e. The lowest BCUT2D eigenvalue weighted by atomic mass is 10.1. The summed E-state index contributed by atoms with van der Waals surface area (Å²) in [7, 11) is 3.78. The van der Waals surface area contributed by atoms with Gasteiger partial charge in [-0.05, 0) is 56.2 Å². The number of likely N-dealkylation sites (tertiary alicyclic amines) is 1.